The Kier molecular flexibility index (Phi) is 10.2. The van der Waals surface area contributed by atoms with Crippen LogP contribution in [-0.2, 0) is 25.6 Å². The molecule has 170 valence electrons. The number of carbonyl (C=O) groups is 2. The standard InChI is InChI=1S/C19H33N5O3.CH2O2/c1-13(2)24-12-21-23-18(24)11-20-19(25)14-4-5-16(17(10-14)26-3)22-15-6-8-27-9-7-15;2-1-3/h12-17,22H,4-11H2,1-3H3,(H,20,25);1H,(H,2,3)/t14-,16+,17+;/m0./s1. The molecule has 30 heavy (non-hydrogen) atoms. The molecule has 0 unspecified atom stereocenters. The van der Waals surface area contributed by atoms with Crippen LogP contribution in [0.15, 0.2) is 6.33 Å². The molecule has 0 spiro atoms. The van der Waals surface area contributed by atoms with Crippen molar-refractivity contribution in [3.8, 4) is 0 Å². The van der Waals surface area contributed by atoms with E-state index in [0.29, 0.717) is 18.6 Å². The fraction of sp³-hybridized carbons (Fsp3) is 0.800. The number of rotatable bonds is 7. The molecule has 1 aromatic heterocycles. The van der Waals surface area contributed by atoms with Crippen LogP contribution in [-0.4, -0.2) is 70.8 Å². The topological polar surface area (TPSA) is 128 Å². The van der Waals surface area contributed by atoms with Crippen LogP contribution in [0.2, 0.25) is 0 Å². The van der Waals surface area contributed by atoms with Gasteiger partial charge in [-0.25, -0.2) is 0 Å². The Bertz CT molecular complexity index is 647. The van der Waals surface area contributed by atoms with Crippen LogP contribution in [0.3, 0.4) is 0 Å². The summed E-state index contributed by atoms with van der Waals surface area (Å²) in [6.07, 6.45) is 6.46. The fourth-order valence-corrected chi connectivity index (χ4v) is 4.12. The largest absolute Gasteiger partial charge is 0.483 e. The Labute approximate surface area is 177 Å². The quantitative estimate of drug-likeness (QED) is 0.555. The zero-order valence-electron chi connectivity index (χ0n) is 18.1. The Balaban J connectivity index is 0.00000101. The van der Waals surface area contributed by atoms with Gasteiger partial charge in [-0.2, -0.15) is 0 Å². The molecule has 1 saturated carbocycles. The predicted molar refractivity (Wildman–Crippen MR) is 110 cm³/mol. The van der Waals surface area contributed by atoms with E-state index in [0.717, 1.165) is 51.1 Å². The van der Waals surface area contributed by atoms with Crippen molar-refractivity contribution in [1.29, 1.82) is 0 Å². The third-order valence-electron chi connectivity index (χ3n) is 5.76. The number of amides is 1. The van der Waals surface area contributed by atoms with E-state index in [1.807, 2.05) is 4.57 Å². The van der Waals surface area contributed by atoms with Crippen LogP contribution in [0.4, 0.5) is 0 Å². The van der Waals surface area contributed by atoms with Crippen molar-refractivity contribution >= 4 is 12.4 Å². The smallest absolute Gasteiger partial charge is 0.290 e. The average Bonchev–Trinajstić information content (AvgIpc) is 3.22. The summed E-state index contributed by atoms with van der Waals surface area (Å²) in [5.41, 5.74) is 0. The number of carboxylic acid groups (broad SMARTS) is 1. The summed E-state index contributed by atoms with van der Waals surface area (Å²) in [5, 5.41) is 21.7. The highest BCUT2D eigenvalue weighted by Gasteiger charge is 2.35. The number of hydrogen-bond donors (Lipinski definition) is 3. The second-order valence-electron chi connectivity index (χ2n) is 8.02. The molecule has 2 heterocycles. The van der Waals surface area contributed by atoms with Crippen LogP contribution < -0.4 is 10.6 Å². The summed E-state index contributed by atoms with van der Waals surface area (Å²) in [4.78, 5) is 21.0. The maximum absolute atomic E-state index is 12.7. The molecule has 1 amide bonds. The van der Waals surface area contributed by atoms with Gasteiger partial charge in [-0.3, -0.25) is 9.59 Å². The minimum atomic E-state index is -0.250. The number of methoxy groups -OCH3 is 1. The molecule has 10 heteroatoms. The van der Waals surface area contributed by atoms with Gasteiger partial charge in [-0.15, -0.1) is 10.2 Å². The van der Waals surface area contributed by atoms with E-state index in [-0.39, 0.29) is 30.4 Å². The molecule has 1 saturated heterocycles. The molecule has 3 rings (SSSR count). The number of hydrogen-bond acceptors (Lipinski definition) is 7. The summed E-state index contributed by atoms with van der Waals surface area (Å²) in [5.74, 6) is 0.856. The Morgan fingerprint density at radius 3 is 2.70 bits per heavy atom. The maximum atomic E-state index is 12.7. The second-order valence-corrected chi connectivity index (χ2v) is 8.02. The molecular weight excluding hydrogens is 390 g/mol. The maximum Gasteiger partial charge on any atom is 0.290 e. The molecule has 10 nitrogen and oxygen atoms in total. The lowest BCUT2D eigenvalue weighted by Gasteiger charge is -2.38. The summed E-state index contributed by atoms with van der Waals surface area (Å²) >= 11 is 0. The van der Waals surface area contributed by atoms with Crippen molar-refractivity contribution in [2.45, 2.75) is 76.7 Å². The molecular formula is C20H35N5O5. The molecule has 1 aliphatic heterocycles. The van der Waals surface area contributed by atoms with Gasteiger partial charge in [0.1, 0.15) is 6.33 Å². The van der Waals surface area contributed by atoms with E-state index in [4.69, 9.17) is 19.4 Å². The summed E-state index contributed by atoms with van der Waals surface area (Å²) < 4.78 is 13.1. The SMILES string of the molecule is CO[C@@H]1C[C@@H](C(=O)NCc2nncn2C(C)C)CC[C@H]1NC1CCOCC1.O=CO. The van der Waals surface area contributed by atoms with E-state index >= 15 is 0 Å². The van der Waals surface area contributed by atoms with Gasteiger partial charge in [-0.05, 0) is 46.0 Å². The lowest BCUT2D eigenvalue weighted by molar-refractivity contribution is -0.128. The highest BCUT2D eigenvalue weighted by atomic mass is 16.5. The number of aromatic nitrogens is 3. The lowest BCUT2D eigenvalue weighted by Crippen LogP contribution is -2.52. The second kappa shape index (κ2) is 12.6. The summed E-state index contributed by atoms with van der Waals surface area (Å²) in [7, 11) is 1.74. The first kappa shape index (κ1) is 24.2. The van der Waals surface area contributed by atoms with Crippen molar-refractivity contribution in [2.24, 2.45) is 5.92 Å². The molecule has 0 radical (unpaired) electrons. The van der Waals surface area contributed by atoms with E-state index in [9.17, 15) is 4.79 Å². The third-order valence-corrected chi connectivity index (χ3v) is 5.76. The molecule has 3 N–H and O–H groups in total. The normalized spacial score (nSPS) is 24.7. The van der Waals surface area contributed by atoms with Gasteiger partial charge < -0.3 is 29.8 Å². The van der Waals surface area contributed by atoms with Crippen LogP contribution in [0.1, 0.15) is 57.8 Å². The lowest BCUT2D eigenvalue weighted by atomic mass is 9.82. The van der Waals surface area contributed by atoms with Crippen LogP contribution in [0.25, 0.3) is 0 Å². The molecule has 1 aromatic rings. The van der Waals surface area contributed by atoms with Gasteiger partial charge in [0.15, 0.2) is 5.82 Å². The molecule has 0 bridgehead atoms. The molecule has 0 aromatic carbocycles. The average molecular weight is 426 g/mol. The van der Waals surface area contributed by atoms with Gasteiger partial charge >= 0.3 is 0 Å². The van der Waals surface area contributed by atoms with E-state index < -0.39 is 0 Å². The fourth-order valence-electron chi connectivity index (χ4n) is 4.12. The van der Waals surface area contributed by atoms with Crippen molar-refractivity contribution < 1.29 is 24.2 Å². The first-order chi connectivity index (χ1) is 14.5. The Morgan fingerprint density at radius 1 is 1.37 bits per heavy atom. The van der Waals surface area contributed by atoms with Crippen molar-refractivity contribution in [3.63, 3.8) is 0 Å². The van der Waals surface area contributed by atoms with E-state index in [1.165, 1.54) is 0 Å². The van der Waals surface area contributed by atoms with Gasteiger partial charge in [0.25, 0.3) is 6.47 Å². The minimum absolute atomic E-state index is 0.0156. The first-order valence-electron chi connectivity index (χ1n) is 10.6. The summed E-state index contributed by atoms with van der Waals surface area (Å²) in [6, 6.07) is 1.08. The molecule has 1 aliphatic carbocycles. The Hall–Kier alpha value is -2.04. The third kappa shape index (κ3) is 7.03. The molecule has 3 atom stereocenters. The Morgan fingerprint density at radius 2 is 2.07 bits per heavy atom. The zero-order valence-corrected chi connectivity index (χ0v) is 18.1. The van der Waals surface area contributed by atoms with Gasteiger partial charge in [-0.1, -0.05) is 0 Å². The number of carbonyl (C=O) groups excluding carboxylic acids is 1. The highest BCUT2D eigenvalue weighted by molar-refractivity contribution is 5.78. The van der Waals surface area contributed by atoms with Gasteiger partial charge in [0.2, 0.25) is 5.91 Å². The van der Waals surface area contributed by atoms with Gasteiger partial charge in [0, 0.05) is 44.4 Å². The van der Waals surface area contributed by atoms with E-state index in [2.05, 4.69) is 34.7 Å². The van der Waals surface area contributed by atoms with Gasteiger partial charge in [0.05, 0.1) is 12.6 Å². The minimum Gasteiger partial charge on any atom is -0.483 e. The van der Waals surface area contributed by atoms with Crippen LogP contribution >= 0.6 is 0 Å². The number of nitrogens with one attached hydrogen (secondary N) is 2. The molecule has 2 fully saturated rings. The van der Waals surface area contributed by atoms with Crippen molar-refractivity contribution in [1.82, 2.24) is 25.4 Å². The van der Waals surface area contributed by atoms with E-state index in [1.54, 1.807) is 13.4 Å². The molecule has 2 aliphatic rings. The number of nitrogens with zero attached hydrogens (tertiary/aromatic N) is 3. The van der Waals surface area contributed by atoms with Crippen LogP contribution in [0, 0.1) is 5.92 Å². The zero-order chi connectivity index (χ0) is 21.9. The highest BCUT2D eigenvalue weighted by Crippen LogP contribution is 2.28. The van der Waals surface area contributed by atoms with Crippen molar-refractivity contribution in [3.05, 3.63) is 12.2 Å². The summed E-state index contributed by atoms with van der Waals surface area (Å²) in [6.45, 7) is 5.96. The predicted octanol–water partition coefficient (Wildman–Crippen LogP) is 1.13. The van der Waals surface area contributed by atoms with Crippen LogP contribution in [0.5, 0.6) is 0 Å². The monoisotopic (exact) mass is 425 g/mol. The van der Waals surface area contributed by atoms with Crippen molar-refractivity contribution in [2.75, 3.05) is 20.3 Å². The first-order valence-corrected chi connectivity index (χ1v) is 10.6. The number of ether oxygens (including phenoxy) is 2.